The molecule has 0 N–H and O–H groups in total. The van der Waals surface area contributed by atoms with Gasteiger partial charge in [-0.3, -0.25) is 0 Å². The van der Waals surface area contributed by atoms with Crippen LogP contribution in [0.1, 0.15) is 103 Å². The average Bonchev–Trinajstić information content (AvgIpc) is 3.61. The third kappa shape index (κ3) is 11.0. The molecule has 0 unspecified atom stereocenters. The summed E-state index contributed by atoms with van der Waals surface area (Å²) in [6.45, 7) is 26.7. The summed E-state index contributed by atoms with van der Waals surface area (Å²) in [6, 6.07) is 38.5. The predicted molar refractivity (Wildman–Crippen MR) is 207 cm³/mol. The molecule has 6 rings (SSSR count). The minimum absolute atomic E-state index is 0. The molecule has 0 aromatic heterocycles. The molecule has 0 amide bonds. The summed E-state index contributed by atoms with van der Waals surface area (Å²) in [5, 5.41) is 5.47. The maximum atomic E-state index is 2.35. The van der Waals surface area contributed by atoms with Crippen molar-refractivity contribution in [2.45, 2.75) is 99.8 Å². The quantitative estimate of drug-likeness (QED) is 0.164. The molecule has 0 fully saturated rings. The van der Waals surface area contributed by atoms with Crippen molar-refractivity contribution in [2.24, 2.45) is 0 Å². The molecule has 0 bridgehead atoms. The zero-order valence-corrected chi connectivity index (χ0v) is 35.6. The fourth-order valence-corrected chi connectivity index (χ4v) is 5.98. The molecule has 0 saturated carbocycles. The van der Waals surface area contributed by atoms with Gasteiger partial charge in [0.1, 0.15) is 0 Å². The number of benzene rings is 4. The van der Waals surface area contributed by atoms with E-state index in [0.717, 1.165) is 0 Å². The van der Waals surface area contributed by atoms with E-state index < -0.39 is 0 Å². The van der Waals surface area contributed by atoms with E-state index in [4.69, 9.17) is 0 Å². The zero-order chi connectivity index (χ0) is 34.7. The van der Waals surface area contributed by atoms with Crippen LogP contribution in [0.3, 0.4) is 0 Å². The van der Waals surface area contributed by atoms with E-state index in [1.165, 1.54) is 74.8 Å². The number of rotatable bonds is 3. The fraction of sp³-hybridized carbons (Fsp3) is 0.326. The van der Waals surface area contributed by atoms with E-state index in [2.05, 4.69) is 186 Å². The maximum absolute atomic E-state index is 2.35. The first-order chi connectivity index (χ1) is 22.0. The van der Waals surface area contributed by atoms with Crippen LogP contribution in [0, 0.1) is 13.8 Å². The topological polar surface area (TPSA) is 0 Å². The first kappa shape index (κ1) is 42.6. The Morgan fingerprint density at radius 3 is 1.53 bits per heavy atom. The second-order valence-corrected chi connectivity index (χ2v) is 18.2. The number of hydrogen-bond donors (Lipinski definition) is 0. The molecular weight excluding hydrogens is 715 g/mol. The van der Waals surface area contributed by atoms with Gasteiger partial charge in [-0.2, -0.15) is 12.1 Å². The second kappa shape index (κ2) is 17.6. The van der Waals surface area contributed by atoms with Crippen LogP contribution < -0.4 is 24.8 Å². The van der Waals surface area contributed by atoms with Crippen LogP contribution in [0.25, 0.3) is 43.8 Å². The Morgan fingerprint density at radius 1 is 0.612 bits per heavy atom. The molecule has 0 heterocycles. The van der Waals surface area contributed by atoms with Crippen molar-refractivity contribution < 1.29 is 49.0 Å². The molecule has 0 aliphatic rings. The normalized spacial score (nSPS) is 11.2. The van der Waals surface area contributed by atoms with E-state index >= 15 is 0 Å². The van der Waals surface area contributed by atoms with Crippen LogP contribution in [-0.2, 0) is 35.1 Å². The molecule has 258 valence electrons. The second-order valence-electron chi connectivity index (χ2n) is 15.7. The minimum atomic E-state index is 0. The summed E-state index contributed by atoms with van der Waals surface area (Å²) in [5.74, 6) is 0.573. The summed E-state index contributed by atoms with van der Waals surface area (Å²) < 4.78 is 1.51. The van der Waals surface area contributed by atoms with Crippen LogP contribution in [-0.4, -0.2) is 3.21 Å². The van der Waals surface area contributed by atoms with Crippen LogP contribution in [0.5, 0.6) is 0 Å². The smallest absolute Gasteiger partial charge is 0.0132 e. The molecule has 6 aromatic rings. The number of aryl methyl sites for hydroxylation is 2. The number of hydrogen-bond acceptors (Lipinski definition) is 0. The fourth-order valence-electron chi connectivity index (χ4n) is 5.98. The summed E-state index contributed by atoms with van der Waals surface area (Å²) in [4.78, 5) is 0. The molecule has 0 nitrogen and oxygen atoms in total. The first-order valence-corrected chi connectivity index (χ1v) is 18.3. The molecular formula is C46H54Cl2Zr-2. The van der Waals surface area contributed by atoms with Gasteiger partial charge in [0.2, 0.25) is 0 Å². The van der Waals surface area contributed by atoms with E-state index in [9.17, 15) is 0 Å². The summed E-state index contributed by atoms with van der Waals surface area (Å²) >= 11 is 1.55. The Balaban J connectivity index is 0.000000296. The standard InChI is InChI=1S/C22H25.C21H23.C3H6.2ClH.Zr/c1-15(2)18-13-17-7-6-8-20(21(17)14-18)16-9-11-19(12-10-16)22(3,4)5;1-14-12-19-15(2)6-11-18(20(19)13-14)16-7-9-17(10-8-16)21(3,4)5;1-3-2;;;/h6-15H,1-5H3;6-13H,1-5H3;1-2H3;2*1H;/q2*-1;;;;+2/p-2. The third-order valence-corrected chi connectivity index (χ3v) is 8.81. The van der Waals surface area contributed by atoms with Gasteiger partial charge in [-0.1, -0.05) is 141 Å². The maximum Gasteiger partial charge on any atom is -0.0132 e. The molecule has 0 radical (unpaired) electrons. The van der Waals surface area contributed by atoms with Crippen molar-refractivity contribution in [2.75, 3.05) is 0 Å². The molecule has 49 heavy (non-hydrogen) atoms. The van der Waals surface area contributed by atoms with Gasteiger partial charge in [-0.15, -0.1) is 68.6 Å². The Morgan fingerprint density at radius 2 is 1.08 bits per heavy atom. The monoisotopic (exact) mass is 766 g/mol. The Bertz CT molecular complexity index is 1950. The van der Waals surface area contributed by atoms with Crippen molar-refractivity contribution >= 4 is 24.8 Å². The SMILES string of the molecule is CC(C)c1cc2c(-c3ccc(C(C)(C)C)cc3)cccc2[cH-]1.C[C](C)=[Zr+2].Cc1cc2c(-c3ccc(C(C)(C)C)cc3)ccc(C)c2[cH-]1.[Cl-].[Cl-]. The van der Waals surface area contributed by atoms with Gasteiger partial charge in [-0.05, 0) is 39.0 Å². The molecule has 0 aliphatic heterocycles. The van der Waals surface area contributed by atoms with Crippen LogP contribution in [0.15, 0.2) is 103 Å². The molecule has 0 aliphatic carbocycles. The number of halogens is 2. The molecule has 0 saturated heterocycles. The van der Waals surface area contributed by atoms with Crippen molar-refractivity contribution in [1.82, 2.24) is 0 Å². The average molecular weight is 769 g/mol. The van der Waals surface area contributed by atoms with Crippen molar-refractivity contribution in [3.05, 3.63) is 131 Å². The van der Waals surface area contributed by atoms with Crippen LogP contribution in [0.2, 0.25) is 0 Å². The Labute approximate surface area is 324 Å². The van der Waals surface area contributed by atoms with E-state index in [1.807, 2.05) is 0 Å². The Hall–Kier alpha value is -2.57. The first-order valence-electron chi connectivity index (χ1n) is 17.1. The van der Waals surface area contributed by atoms with Gasteiger partial charge in [0.05, 0.1) is 0 Å². The molecule has 0 spiro atoms. The van der Waals surface area contributed by atoms with Crippen molar-refractivity contribution in [3.8, 4) is 22.3 Å². The van der Waals surface area contributed by atoms with E-state index in [0.29, 0.717) is 5.92 Å². The number of fused-ring (bicyclic) bond motifs is 2. The summed E-state index contributed by atoms with van der Waals surface area (Å²) in [7, 11) is 0. The van der Waals surface area contributed by atoms with Gasteiger partial charge in [-0.25, -0.2) is 0 Å². The van der Waals surface area contributed by atoms with Crippen LogP contribution >= 0.6 is 0 Å². The molecule has 6 aromatic carbocycles. The predicted octanol–water partition coefficient (Wildman–Crippen LogP) is 7.54. The van der Waals surface area contributed by atoms with Gasteiger partial charge in [0, 0.05) is 0 Å². The van der Waals surface area contributed by atoms with Crippen LogP contribution in [0.4, 0.5) is 0 Å². The zero-order valence-electron chi connectivity index (χ0n) is 31.6. The van der Waals surface area contributed by atoms with Gasteiger partial charge >= 0.3 is 41.3 Å². The minimum Gasteiger partial charge on any atom is -1.00 e. The van der Waals surface area contributed by atoms with E-state index in [-0.39, 0.29) is 35.6 Å². The van der Waals surface area contributed by atoms with Gasteiger partial charge < -0.3 is 24.8 Å². The molecule has 0 atom stereocenters. The summed E-state index contributed by atoms with van der Waals surface area (Å²) in [5.41, 5.74) is 12.6. The van der Waals surface area contributed by atoms with Crippen molar-refractivity contribution in [1.29, 1.82) is 0 Å². The molecule has 3 heteroatoms. The largest absolute Gasteiger partial charge is 1.00 e. The summed E-state index contributed by atoms with van der Waals surface area (Å²) in [6.07, 6.45) is 0. The van der Waals surface area contributed by atoms with Crippen molar-refractivity contribution in [3.63, 3.8) is 0 Å². The van der Waals surface area contributed by atoms with Gasteiger partial charge in [0.25, 0.3) is 0 Å². The Kier molecular flexibility index (Phi) is 15.3. The van der Waals surface area contributed by atoms with E-state index in [1.54, 1.807) is 24.2 Å². The third-order valence-electron chi connectivity index (χ3n) is 8.81. The van der Waals surface area contributed by atoms with Gasteiger partial charge in [0.15, 0.2) is 0 Å².